The Labute approximate surface area is 174 Å². The lowest BCUT2D eigenvalue weighted by Crippen LogP contribution is -2.47. The summed E-state index contributed by atoms with van der Waals surface area (Å²) in [5.41, 5.74) is 2.50. The number of nitrogens with zero attached hydrogens (tertiary/aromatic N) is 3. The fourth-order valence-electron chi connectivity index (χ4n) is 4.64. The summed E-state index contributed by atoms with van der Waals surface area (Å²) in [4.78, 5) is 19.5. The number of piperidine rings is 1. The molecule has 1 aromatic carbocycles. The lowest BCUT2D eigenvalue weighted by atomic mass is 9.92. The van der Waals surface area contributed by atoms with Crippen LogP contribution in [0.4, 0.5) is 0 Å². The highest BCUT2D eigenvalue weighted by Crippen LogP contribution is 2.28. The van der Waals surface area contributed by atoms with Crippen molar-refractivity contribution >= 4 is 5.91 Å². The fraction of sp³-hybridized carbons (Fsp3) is 0.542. The molecule has 2 aliphatic rings. The number of furan rings is 1. The van der Waals surface area contributed by atoms with Crippen LogP contribution in [0.3, 0.4) is 0 Å². The molecule has 1 aromatic heterocycles. The third-order valence-corrected chi connectivity index (χ3v) is 6.42. The van der Waals surface area contributed by atoms with Crippen molar-refractivity contribution < 1.29 is 9.21 Å². The number of hydrogen-bond acceptors (Lipinski definition) is 4. The molecule has 0 spiro atoms. The van der Waals surface area contributed by atoms with Crippen LogP contribution in [-0.4, -0.2) is 66.9 Å². The number of carbonyl (C=O) groups excluding carboxylic acids is 1. The quantitative estimate of drug-likeness (QED) is 0.748. The Bertz CT molecular complexity index is 781. The fourth-order valence-corrected chi connectivity index (χ4v) is 4.64. The first-order valence-corrected chi connectivity index (χ1v) is 11.0. The molecule has 5 nitrogen and oxygen atoms in total. The zero-order valence-electron chi connectivity index (χ0n) is 17.6. The standard InChI is InChI=1S/C24H33N3O2/c1-25-13-15-27(16-14-25)24(28)11-10-20-6-4-12-26(18-20)19-21-7-2-3-8-22(21)23-9-5-17-29-23/h2-3,5,7-9,17,20H,4,6,10-16,18-19H2,1H3/t20-/m1/s1. The van der Waals surface area contributed by atoms with Crippen molar-refractivity contribution in [2.75, 3.05) is 46.3 Å². The number of likely N-dealkylation sites (N-methyl/N-ethyl adjacent to an activating group) is 1. The van der Waals surface area contributed by atoms with E-state index in [9.17, 15) is 4.79 Å². The van der Waals surface area contributed by atoms with Gasteiger partial charge in [-0.1, -0.05) is 24.3 Å². The Balaban J connectivity index is 1.30. The topological polar surface area (TPSA) is 39.9 Å². The minimum atomic E-state index is 0.346. The molecule has 4 rings (SSSR count). The Morgan fingerprint density at radius 1 is 1.07 bits per heavy atom. The highest BCUT2D eigenvalue weighted by Gasteiger charge is 2.24. The van der Waals surface area contributed by atoms with E-state index < -0.39 is 0 Å². The third-order valence-electron chi connectivity index (χ3n) is 6.42. The molecule has 2 aliphatic heterocycles. The van der Waals surface area contributed by atoms with Gasteiger partial charge in [-0.3, -0.25) is 9.69 Å². The molecule has 0 radical (unpaired) electrons. The van der Waals surface area contributed by atoms with Crippen molar-refractivity contribution in [3.05, 3.63) is 48.2 Å². The molecule has 0 bridgehead atoms. The molecule has 0 N–H and O–H groups in total. The summed E-state index contributed by atoms with van der Waals surface area (Å²) >= 11 is 0. The molecule has 0 aliphatic carbocycles. The molecular formula is C24H33N3O2. The largest absolute Gasteiger partial charge is 0.464 e. The maximum Gasteiger partial charge on any atom is 0.222 e. The highest BCUT2D eigenvalue weighted by atomic mass is 16.3. The van der Waals surface area contributed by atoms with Crippen LogP contribution in [0.1, 0.15) is 31.2 Å². The molecule has 156 valence electrons. The maximum atomic E-state index is 12.6. The summed E-state index contributed by atoms with van der Waals surface area (Å²) in [6.45, 7) is 6.93. The molecule has 5 heteroatoms. The summed E-state index contributed by atoms with van der Waals surface area (Å²) in [5.74, 6) is 1.90. The zero-order chi connectivity index (χ0) is 20.1. The van der Waals surface area contributed by atoms with E-state index in [4.69, 9.17) is 4.42 Å². The summed E-state index contributed by atoms with van der Waals surface area (Å²) in [7, 11) is 2.13. The van der Waals surface area contributed by atoms with Crippen LogP contribution in [0.5, 0.6) is 0 Å². The second-order valence-electron chi connectivity index (χ2n) is 8.60. The van der Waals surface area contributed by atoms with Crippen LogP contribution in [0.2, 0.25) is 0 Å². The van der Waals surface area contributed by atoms with E-state index in [1.54, 1.807) is 6.26 Å². The summed E-state index contributed by atoms with van der Waals surface area (Å²) in [5, 5.41) is 0. The molecule has 1 amide bonds. The van der Waals surface area contributed by atoms with Gasteiger partial charge in [-0.25, -0.2) is 0 Å². The Hall–Kier alpha value is -2.11. The van der Waals surface area contributed by atoms with E-state index in [0.29, 0.717) is 18.2 Å². The molecule has 1 atom stereocenters. The minimum absolute atomic E-state index is 0.346. The molecule has 2 saturated heterocycles. The van der Waals surface area contributed by atoms with Crippen LogP contribution in [0.15, 0.2) is 47.1 Å². The van der Waals surface area contributed by atoms with Crippen molar-refractivity contribution in [2.45, 2.75) is 32.2 Å². The maximum absolute atomic E-state index is 12.6. The van der Waals surface area contributed by atoms with Gasteiger partial charge in [0, 0.05) is 51.3 Å². The van der Waals surface area contributed by atoms with Crippen molar-refractivity contribution in [3.8, 4) is 11.3 Å². The summed E-state index contributed by atoms with van der Waals surface area (Å²) in [6.07, 6.45) is 5.91. The van der Waals surface area contributed by atoms with Crippen molar-refractivity contribution in [1.29, 1.82) is 0 Å². The molecule has 0 unspecified atom stereocenters. The van der Waals surface area contributed by atoms with Gasteiger partial charge in [-0.2, -0.15) is 0 Å². The predicted molar refractivity (Wildman–Crippen MR) is 115 cm³/mol. The average molecular weight is 396 g/mol. The number of likely N-dealkylation sites (tertiary alicyclic amines) is 1. The van der Waals surface area contributed by atoms with E-state index in [1.165, 1.54) is 24.0 Å². The van der Waals surface area contributed by atoms with Gasteiger partial charge in [0.1, 0.15) is 5.76 Å². The lowest BCUT2D eigenvalue weighted by Gasteiger charge is -2.35. The van der Waals surface area contributed by atoms with Gasteiger partial charge in [-0.15, -0.1) is 0 Å². The van der Waals surface area contributed by atoms with Crippen LogP contribution in [0.25, 0.3) is 11.3 Å². The second kappa shape index (κ2) is 9.59. The number of rotatable bonds is 6. The normalized spacial score (nSPS) is 21.4. The Morgan fingerprint density at radius 3 is 2.69 bits per heavy atom. The average Bonchev–Trinajstić information content (AvgIpc) is 3.28. The van der Waals surface area contributed by atoms with Gasteiger partial charge in [0.2, 0.25) is 5.91 Å². The highest BCUT2D eigenvalue weighted by molar-refractivity contribution is 5.76. The van der Waals surface area contributed by atoms with Gasteiger partial charge < -0.3 is 14.2 Å². The van der Waals surface area contributed by atoms with Gasteiger partial charge >= 0.3 is 0 Å². The van der Waals surface area contributed by atoms with E-state index in [0.717, 1.165) is 58.0 Å². The second-order valence-corrected chi connectivity index (χ2v) is 8.60. The zero-order valence-corrected chi connectivity index (χ0v) is 17.6. The first kappa shape index (κ1) is 20.2. The van der Waals surface area contributed by atoms with Crippen molar-refractivity contribution in [2.24, 2.45) is 5.92 Å². The first-order chi connectivity index (χ1) is 14.2. The number of piperazine rings is 1. The predicted octanol–water partition coefficient (Wildman–Crippen LogP) is 3.71. The van der Waals surface area contributed by atoms with E-state index in [2.05, 4.69) is 46.0 Å². The first-order valence-electron chi connectivity index (χ1n) is 11.0. The van der Waals surface area contributed by atoms with E-state index in [-0.39, 0.29) is 0 Å². The van der Waals surface area contributed by atoms with Crippen LogP contribution >= 0.6 is 0 Å². The van der Waals surface area contributed by atoms with E-state index >= 15 is 0 Å². The van der Waals surface area contributed by atoms with Crippen molar-refractivity contribution in [3.63, 3.8) is 0 Å². The van der Waals surface area contributed by atoms with Gasteiger partial charge in [0.15, 0.2) is 0 Å². The Morgan fingerprint density at radius 2 is 1.90 bits per heavy atom. The SMILES string of the molecule is CN1CCN(C(=O)CC[C@H]2CCCN(Cc3ccccc3-c3ccco3)C2)CC1. The Kier molecular flexibility index (Phi) is 6.67. The molecule has 0 saturated carbocycles. The van der Waals surface area contributed by atoms with Crippen molar-refractivity contribution in [1.82, 2.24) is 14.7 Å². The molecule has 2 fully saturated rings. The van der Waals surface area contributed by atoms with Crippen LogP contribution < -0.4 is 0 Å². The molecule has 2 aromatic rings. The monoisotopic (exact) mass is 395 g/mol. The van der Waals surface area contributed by atoms with E-state index in [1.807, 2.05) is 12.1 Å². The van der Waals surface area contributed by atoms with Gasteiger partial charge in [0.05, 0.1) is 6.26 Å². The molecule has 29 heavy (non-hydrogen) atoms. The number of amides is 1. The summed E-state index contributed by atoms with van der Waals surface area (Å²) in [6, 6.07) is 12.5. The molecular weight excluding hydrogens is 362 g/mol. The third kappa shape index (κ3) is 5.28. The van der Waals surface area contributed by atoms with Gasteiger partial charge in [-0.05, 0) is 56.5 Å². The lowest BCUT2D eigenvalue weighted by molar-refractivity contribution is -0.133. The number of carbonyl (C=O) groups is 1. The number of hydrogen-bond donors (Lipinski definition) is 0. The minimum Gasteiger partial charge on any atom is -0.464 e. The number of benzene rings is 1. The summed E-state index contributed by atoms with van der Waals surface area (Å²) < 4.78 is 5.64. The van der Waals surface area contributed by atoms with Crippen LogP contribution in [0, 0.1) is 5.92 Å². The smallest absolute Gasteiger partial charge is 0.222 e. The van der Waals surface area contributed by atoms with Gasteiger partial charge in [0.25, 0.3) is 0 Å². The van der Waals surface area contributed by atoms with Crippen LogP contribution in [-0.2, 0) is 11.3 Å². The molecule has 3 heterocycles.